The van der Waals surface area contributed by atoms with E-state index in [4.69, 9.17) is 9.15 Å². The largest absolute Gasteiger partial charge is 0.497 e. The van der Waals surface area contributed by atoms with Crippen molar-refractivity contribution in [2.24, 2.45) is 0 Å². The van der Waals surface area contributed by atoms with E-state index >= 15 is 0 Å². The topological polar surface area (TPSA) is 65.2 Å². The first-order chi connectivity index (χ1) is 12.4. The predicted octanol–water partition coefficient (Wildman–Crippen LogP) is 4.73. The molecule has 26 heavy (non-hydrogen) atoms. The Labute approximate surface area is 150 Å². The van der Waals surface area contributed by atoms with Gasteiger partial charge in [0.1, 0.15) is 11.4 Å². The van der Waals surface area contributed by atoms with Crippen LogP contribution in [0.1, 0.15) is 16.2 Å². The summed E-state index contributed by atoms with van der Waals surface area (Å²) >= 11 is 0.798. The molecule has 2 heterocycles. The van der Waals surface area contributed by atoms with Gasteiger partial charge in [0.25, 0.3) is 0 Å². The van der Waals surface area contributed by atoms with E-state index in [1.54, 1.807) is 24.3 Å². The van der Waals surface area contributed by atoms with Gasteiger partial charge in [0.2, 0.25) is 0 Å². The highest BCUT2D eigenvalue weighted by Gasteiger charge is 2.34. The molecule has 0 fully saturated rings. The molecule has 0 aliphatic heterocycles. The fourth-order valence-electron chi connectivity index (χ4n) is 2.07. The molecule has 0 aliphatic carbocycles. The number of hydrogen-bond donors (Lipinski definition) is 0. The van der Waals surface area contributed by atoms with Crippen LogP contribution in [0, 0.1) is 0 Å². The van der Waals surface area contributed by atoms with Gasteiger partial charge in [-0.3, -0.25) is 4.79 Å². The van der Waals surface area contributed by atoms with Crippen molar-refractivity contribution >= 4 is 18.0 Å². The van der Waals surface area contributed by atoms with Crippen molar-refractivity contribution in [2.75, 3.05) is 7.11 Å². The number of aromatic nitrogens is 2. The summed E-state index contributed by atoms with van der Waals surface area (Å²) in [6.45, 7) is 0. The maximum absolute atomic E-state index is 13.2. The first-order valence-corrected chi connectivity index (χ1v) is 8.04. The van der Waals surface area contributed by atoms with Crippen LogP contribution in [0.3, 0.4) is 0 Å². The summed E-state index contributed by atoms with van der Waals surface area (Å²) in [5.41, 5.74) is -0.476. The van der Waals surface area contributed by atoms with Crippen LogP contribution in [0.15, 0.2) is 57.1 Å². The standard InChI is InChI=1S/C17H11F3N2O3S/c1-24-11-4-2-10(3-5-11)13-8-14(17(18,19)20)22-16(21-13)26-15-7-6-12(9-23)25-15/h2-9H,1H3. The second kappa shape index (κ2) is 7.20. The summed E-state index contributed by atoms with van der Waals surface area (Å²) in [7, 11) is 1.49. The van der Waals surface area contributed by atoms with Gasteiger partial charge < -0.3 is 9.15 Å². The monoisotopic (exact) mass is 380 g/mol. The van der Waals surface area contributed by atoms with Gasteiger partial charge in [-0.2, -0.15) is 13.2 Å². The number of carbonyl (C=O) groups excluding carboxylic acids is 1. The molecular weight excluding hydrogens is 369 g/mol. The van der Waals surface area contributed by atoms with E-state index in [2.05, 4.69) is 9.97 Å². The average Bonchev–Trinajstić information content (AvgIpc) is 3.08. The molecule has 0 N–H and O–H groups in total. The van der Waals surface area contributed by atoms with Crippen LogP contribution >= 0.6 is 11.8 Å². The molecule has 9 heteroatoms. The molecule has 0 amide bonds. The number of carbonyl (C=O) groups is 1. The summed E-state index contributed by atoms with van der Waals surface area (Å²) in [6, 6.07) is 10.2. The molecule has 0 bridgehead atoms. The van der Waals surface area contributed by atoms with Crippen molar-refractivity contribution in [2.45, 2.75) is 16.4 Å². The molecule has 3 aromatic rings. The minimum Gasteiger partial charge on any atom is -0.497 e. The highest BCUT2D eigenvalue weighted by molar-refractivity contribution is 7.99. The van der Waals surface area contributed by atoms with E-state index in [1.807, 2.05) is 0 Å². The molecule has 0 radical (unpaired) electrons. The minimum absolute atomic E-state index is 0.0647. The quantitative estimate of drug-likeness (QED) is 0.471. The molecule has 0 saturated heterocycles. The number of benzene rings is 1. The van der Waals surface area contributed by atoms with E-state index in [1.165, 1.54) is 19.2 Å². The maximum Gasteiger partial charge on any atom is 0.433 e. The van der Waals surface area contributed by atoms with Crippen LogP contribution in [0.25, 0.3) is 11.3 Å². The summed E-state index contributed by atoms with van der Waals surface area (Å²) in [5.74, 6) is 0.639. The fraction of sp³-hybridized carbons (Fsp3) is 0.118. The minimum atomic E-state index is -4.63. The van der Waals surface area contributed by atoms with Crippen LogP contribution in [0.2, 0.25) is 0 Å². The first-order valence-electron chi connectivity index (χ1n) is 7.22. The number of hydrogen-bond acceptors (Lipinski definition) is 6. The summed E-state index contributed by atoms with van der Waals surface area (Å²) < 4.78 is 49.8. The van der Waals surface area contributed by atoms with Crippen LogP contribution in [-0.2, 0) is 6.18 Å². The van der Waals surface area contributed by atoms with E-state index in [0.29, 0.717) is 17.6 Å². The molecule has 1 aromatic carbocycles. The zero-order chi connectivity index (χ0) is 18.7. The Morgan fingerprint density at radius 2 is 1.85 bits per heavy atom. The first kappa shape index (κ1) is 18.0. The van der Waals surface area contributed by atoms with Gasteiger partial charge in [-0.05, 0) is 54.2 Å². The number of methoxy groups -OCH3 is 1. The third kappa shape index (κ3) is 4.05. The van der Waals surface area contributed by atoms with Crippen molar-refractivity contribution in [3.63, 3.8) is 0 Å². The fourth-order valence-corrected chi connectivity index (χ4v) is 2.81. The van der Waals surface area contributed by atoms with Crippen molar-refractivity contribution < 1.29 is 27.1 Å². The lowest BCUT2D eigenvalue weighted by Gasteiger charge is -2.10. The molecule has 0 unspecified atom stereocenters. The number of ether oxygens (including phenoxy) is 1. The van der Waals surface area contributed by atoms with Crippen LogP contribution < -0.4 is 4.74 Å². The molecule has 0 saturated carbocycles. The Hall–Kier alpha value is -2.81. The van der Waals surface area contributed by atoms with Gasteiger partial charge in [-0.15, -0.1) is 0 Å². The van der Waals surface area contributed by atoms with E-state index in [-0.39, 0.29) is 21.7 Å². The summed E-state index contributed by atoms with van der Waals surface area (Å²) in [4.78, 5) is 18.4. The lowest BCUT2D eigenvalue weighted by molar-refractivity contribution is -0.141. The lowest BCUT2D eigenvalue weighted by Crippen LogP contribution is -2.10. The van der Waals surface area contributed by atoms with Crippen LogP contribution in [-0.4, -0.2) is 23.4 Å². The molecular formula is C17H11F3N2O3S. The molecule has 0 atom stereocenters. The molecule has 5 nitrogen and oxygen atoms in total. The average molecular weight is 380 g/mol. The number of rotatable bonds is 5. The number of nitrogens with zero attached hydrogens (tertiary/aromatic N) is 2. The Balaban J connectivity index is 2.01. The van der Waals surface area contributed by atoms with Gasteiger partial charge in [0.05, 0.1) is 12.8 Å². The van der Waals surface area contributed by atoms with Gasteiger partial charge in [-0.1, -0.05) is 0 Å². The van der Waals surface area contributed by atoms with Crippen LogP contribution in [0.5, 0.6) is 5.75 Å². The highest BCUT2D eigenvalue weighted by Crippen LogP contribution is 2.34. The predicted molar refractivity (Wildman–Crippen MR) is 87.2 cm³/mol. The van der Waals surface area contributed by atoms with Crippen molar-refractivity contribution in [3.05, 3.63) is 53.9 Å². The third-order valence-corrected chi connectivity index (χ3v) is 4.08. The Kier molecular flexibility index (Phi) is 4.99. The number of aldehydes is 1. The smallest absolute Gasteiger partial charge is 0.433 e. The van der Waals surface area contributed by atoms with E-state index in [9.17, 15) is 18.0 Å². The second-order valence-electron chi connectivity index (χ2n) is 5.02. The molecule has 2 aromatic heterocycles. The number of halogens is 3. The SMILES string of the molecule is COc1ccc(-c2cc(C(F)(F)F)nc(Sc3ccc(C=O)o3)n2)cc1. The Bertz CT molecular complexity index is 924. The van der Waals surface area contributed by atoms with Crippen LogP contribution in [0.4, 0.5) is 13.2 Å². The Morgan fingerprint density at radius 3 is 2.42 bits per heavy atom. The highest BCUT2D eigenvalue weighted by atomic mass is 32.2. The van der Waals surface area contributed by atoms with Gasteiger partial charge in [0, 0.05) is 5.56 Å². The Morgan fingerprint density at radius 1 is 1.12 bits per heavy atom. The van der Waals surface area contributed by atoms with Gasteiger partial charge in [-0.25, -0.2) is 9.97 Å². The normalized spacial score (nSPS) is 11.4. The molecule has 0 aliphatic rings. The summed E-state index contributed by atoms with van der Waals surface area (Å²) in [6.07, 6.45) is -4.13. The van der Waals surface area contributed by atoms with Gasteiger partial charge in [0.15, 0.2) is 22.3 Å². The lowest BCUT2D eigenvalue weighted by atomic mass is 10.1. The maximum atomic E-state index is 13.2. The number of alkyl halides is 3. The summed E-state index contributed by atoms with van der Waals surface area (Å²) in [5, 5.41) is 0.0737. The van der Waals surface area contributed by atoms with E-state index in [0.717, 1.165) is 17.8 Å². The van der Waals surface area contributed by atoms with Crippen molar-refractivity contribution in [1.82, 2.24) is 9.97 Å². The van der Waals surface area contributed by atoms with Crippen molar-refractivity contribution in [3.8, 4) is 17.0 Å². The van der Waals surface area contributed by atoms with E-state index < -0.39 is 11.9 Å². The third-order valence-electron chi connectivity index (χ3n) is 3.29. The molecule has 134 valence electrons. The van der Waals surface area contributed by atoms with Crippen molar-refractivity contribution in [1.29, 1.82) is 0 Å². The zero-order valence-corrected chi connectivity index (χ0v) is 14.1. The molecule has 3 rings (SSSR count). The molecule has 0 spiro atoms. The number of furan rings is 1. The van der Waals surface area contributed by atoms with Gasteiger partial charge >= 0.3 is 6.18 Å². The second-order valence-corrected chi connectivity index (χ2v) is 6.00. The zero-order valence-electron chi connectivity index (χ0n) is 13.3.